The molecule has 115 valence electrons. The third-order valence-corrected chi connectivity index (χ3v) is 3.68. The smallest absolute Gasteiger partial charge is 0.00989 e. The predicted molar refractivity (Wildman–Crippen MR) is 93.0 cm³/mol. The second kappa shape index (κ2) is 18.7. The largest absolute Gasteiger partial charge is 0.0891 e. The van der Waals surface area contributed by atoms with Crippen molar-refractivity contribution in [1.82, 2.24) is 0 Å². The second-order valence-corrected chi connectivity index (χ2v) is 5.67. The minimum Gasteiger partial charge on any atom is -0.0891 e. The van der Waals surface area contributed by atoms with Gasteiger partial charge < -0.3 is 0 Å². The predicted octanol–water partition coefficient (Wildman–Crippen LogP) is 6.06. The fourth-order valence-corrected chi connectivity index (χ4v) is 2.40. The number of hydrogen-bond donors (Lipinski definition) is 0. The summed E-state index contributed by atoms with van der Waals surface area (Å²) in [5, 5.41) is 0. The molecule has 0 saturated carbocycles. The van der Waals surface area contributed by atoms with E-state index in [1.165, 1.54) is 83.5 Å². The highest BCUT2D eigenvalue weighted by Crippen LogP contribution is 2.12. The lowest BCUT2D eigenvalue weighted by molar-refractivity contribution is 0.540. The first-order valence-electron chi connectivity index (χ1n) is 8.81. The minimum atomic E-state index is 0.935. The van der Waals surface area contributed by atoms with Gasteiger partial charge in [0.25, 0.3) is 0 Å². The molecule has 21 heavy (non-hydrogen) atoms. The number of rotatable bonds is 13. The fourth-order valence-electron chi connectivity index (χ4n) is 2.40. The van der Waals surface area contributed by atoms with Gasteiger partial charge in [-0.15, -0.1) is 0 Å². The molecule has 0 rings (SSSR count). The van der Waals surface area contributed by atoms with Gasteiger partial charge in [-0.1, -0.05) is 89.9 Å². The van der Waals surface area contributed by atoms with E-state index < -0.39 is 0 Å². The minimum absolute atomic E-state index is 0.935. The molecule has 0 N–H and O–H groups in total. The molecule has 0 aromatic rings. The lowest BCUT2D eigenvalue weighted by Crippen LogP contribution is -1.82. The van der Waals surface area contributed by atoms with Gasteiger partial charge in [0.2, 0.25) is 0 Å². The van der Waals surface area contributed by atoms with Crippen LogP contribution in [-0.2, 0) is 0 Å². The van der Waals surface area contributed by atoms with Crippen LogP contribution in [0.5, 0.6) is 0 Å². The van der Waals surface area contributed by atoms with Crippen LogP contribution in [0.3, 0.4) is 0 Å². The zero-order chi connectivity index (χ0) is 15.4. The Morgan fingerprint density at radius 3 is 1.52 bits per heavy atom. The van der Waals surface area contributed by atoms with Crippen molar-refractivity contribution in [2.24, 2.45) is 0 Å². The molecule has 0 atom stereocenters. The molecule has 0 aliphatic carbocycles. The summed E-state index contributed by atoms with van der Waals surface area (Å²) in [5.41, 5.74) is 0. The Hall–Kier alpha value is -1.32. The highest BCUT2D eigenvalue weighted by molar-refractivity contribution is 5.32. The molecule has 0 amide bonds. The van der Waals surface area contributed by atoms with Gasteiger partial charge in [0.15, 0.2) is 0 Å². The van der Waals surface area contributed by atoms with Crippen molar-refractivity contribution in [3.63, 3.8) is 0 Å². The highest BCUT2D eigenvalue weighted by Gasteiger charge is 1.93. The van der Waals surface area contributed by atoms with Crippen molar-refractivity contribution >= 4 is 0 Å². The topological polar surface area (TPSA) is 0 Å². The lowest BCUT2D eigenvalue weighted by atomic mass is 10.0. The van der Waals surface area contributed by atoms with Gasteiger partial charge in [-0.3, -0.25) is 0 Å². The summed E-state index contributed by atoms with van der Waals surface area (Å²) < 4.78 is 0. The Morgan fingerprint density at radius 2 is 1.05 bits per heavy atom. The van der Waals surface area contributed by atoms with Gasteiger partial charge in [0, 0.05) is 6.42 Å². The van der Waals surface area contributed by atoms with E-state index in [0.717, 1.165) is 6.42 Å². The van der Waals surface area contributed by atoms with Crippen molar-refractivity contribution in [2.75, 3.05) is 0 Å². The van der Waals surface area contributed by atoms with Gasteiger partial charge in [-0.25, -0.2) is 0 Å². The fraction of sp³-hybridized carbons (Fsp3) is 0.714. The SMILES string of the molecule is [C]#CC#CC#CCCCCCCCCCCCCCCC. The number of hydrogen-bond acceptors (Lipinski definition) is 0. The molecule has 1 radical (unpaired) electrons. The van der Waals surface area contributed by atoms with Gasteiger partial charge in [0.05, 0.1) is 0 Å². The molecule has 0 nitrogen and oxygen atoms in total. The molecule has 0 saturated heterocycles. The molecule has 0 bridgehead atoms. The summed E-state index contributed by atoms with van der Waals surface area (Å²) in [5.74, 6) is 12.7. The van der Waals surface area contributed by atoms with E-state index in [1.807, 2.05) is 5.92 Å². The van der Waals surface area contributed by atoms with Crippen LogP contribution in [0.25, 0.3) is 0 Å². The Morgan fingerprint density at radius 1 is 0.571 bits per heavy atom. The van der Waals surface area contributed by atoms with Crippen LogP contribution in [0.1, 0.15) is 96.8 Å². The van der Waals surface area contributed by atoms with Crippen LogP contribution >= 0.6 is 0 Å². The quantitative estimate of drug-likeness (QED) is 0.284. The summed E-state index contributed by atoms with van der Waals surface area (Å²) in [6, 6.07) is 0. The van der Waals surface area contributed by atoms with Crippen molar-refractivity contribution < 1.29 is 0 Å². The Bertz CT molecular complexity index is 361. The van der Waals surface area contributed by atoms with Crippen LogP contribution in [0, 0.1) is 36.0 Å². The van der Waals surface area contributed by atoms with E-state index in [9.17, 15) is 0 Å². The first-order chi connectivity index (χ1) is 10.4. The maximum atomic E-state index is 6.60. The van der Waals surface area contributed by atoms with Crippen LogP contribution in [0.4, 0.5) is 0 Å². The molecular formula is C21H31. The van der Waals surface area contributed by atoms with Crippen LogP contribution in [0.15, 0.2) is 0 Å². The molecule has 0 aliphatic rings. The number of unbranched alkanes of at least 4 members (excludes halogenated alkanes) is 13. The highest BCUT2D eigenvalue weighted by atomic mass is 14.0. The standard InChI is InChI=1S/C21H31/c1-3-5-7-9-11-13-15-17-19-21-20-18-16-14-12-10-8-6-4-2/h3,5,7,9,11,13-21H2,1H3. The third kappa shape index (κ3) is 18.7. The average Bonchev–Trinajstić information content (AvgIpc) is 2.50. The van der Waals surface area contributed by atoms with E-state index in [4.69, 9.17) is 6.42 Å². The first-order valence-corrected chi connectivity index (χ1v) is 8.81. The average molecular weight is 283 g/mol. The molecule has 0 fully saturated rings. The molecule has 0 aromatic carbocycles. The van der Waals surface area contributed by atoms with Crippen molar-refractivity contribution in [3.8, 4) is 29.6 Å². The van der Waals surface area contributed by atoms with E-state index in [1.54, 1.807) is 0 Å². The van der Waals surface area contributed by atoms with E-state index in [0.29, 0.717) is 0 Å². The Labute approximate surface area is 133 Å². The normalized spacial score (nSPS) is 9.14. The molecule has 0 heterocycles. The Balaban J connectivity index is 3.09. The van der Waals surface area contributed by atoms with Crippen molar-refractivity contribution in [2.45, 2.75) is 96.8 Å². The lowest BCUT2D eigenvalue weighted by Gasteiger charge is -2.02. The zero-order valence-electron chi connectivity index (χ0n) is 13.9. The summed E-state index contributed by atoms with van der Waals surface area (Å²) >= 11 is 0. The molecule has 0 spiro atoms. The summed E-state index contributed by atoms with van der Waals surface area (Å²) in [7, 11) is 0. The first kappa shape index (κ1) is 19.7. The zero-order valence-corrected chi connectivity index (χ0v) is 13.9. The van der Waals surface area contributed by atoms with Gasteiger partial charge in [-0.2, -0.15) is 0 Å². The van der Waals surface area contributed by atoms with Crippen LogP contribution in [-0.4, -0.2) is 0 Å². The summed E-state index contributed by atoms with van der Waals surface area (Å²) in [4.78, 5) is 0. The monoisotopic (exact) mass is 283 g/mol. The van der Waals surface area contributed by atoms with Crippen LogP contribution < -0.4 is 0 Å². The van der Waals surface area contributed by atoms with E-state index in [-0.39, 0.29) is 0 Å². The maximum absolute atomic E-state index is 6.60. The van der Waals surface area contributed by atoms with Gasteiger partial charge >= 0.3 is 0 Å². The van der Waals surface area contributed by atoms with E-state index >= 15 is 0 Å². The van der Waals surface area contributed by atoms with E-state index in [2.05, 4.69) is 30.6 Å². The maximum Gasteiger partial charge on any atom is 0.00989 e. The molecule has 0 unspecified atom stereocenters. The summed E-state index contributed by atoms with van der Waals surface area (Å²) in [6.45, 7) is 2.28. The van der Waals surface area contributed by atoms with Crippen molar-refractivity contribution in [3.05, 3.63) is 6.42 Å². The molecule has 0 aromatic heterocycles. The van der Waals surface area contributed by atoms with Crippen molar-refractivity contribution in [1.29, 1.82) is 0 Å². The molecule has 0 heteroatoms. The van der Waals surface area contributed by atoms with Gasteiger partial charge in [0.1, 0.15) is 0 Å². The second-order valence-electron chi connectivity index (χ2n) is 5.67. The molecular weight excluding hydrogens is 252 g/mol. The van der Waals surface area contributed by atoms with Gasteiger partial charge in [-0.05, 0) is 36.5 Å². The van der Waals surface area contributed by atoms with Crippen LogP contribution in [0.2, 0.25) is 0 Å². The Kier molecular flexibility index (Phi) is 17.5. The molecule has 0 aliphatic heterocycles. The summed E-state index contributed by atoms with van der Waals surface area (Å²) in [6.07, 6.45) is 25.5. The third-order valence-electron chi connectivity index (χ3n) is 3.68.